The molecule has 0 atom stereocenters. The van der Waals surface area contributed by atoms with Crippen molar-refractivity contribution < 1.29 is 37.3 Å². The zero-order valence-corrected chi connectivity index (χ0v) is 33.9. The van der Waals surface area contributed by atoms with Crippen LogP contribution in [-0.4, -0.2) is 63.3 Å². The van der Waals surface area contributed by atoms with E-state index in [0.717, 1.165) is 51.4 Å². The quantitative estimate of drug-likeness (QED) is 0.0881. The van der Waals surface area contributed by atoms with Crippen molar-refractivity contribution in [3.05, 3.63) is 92.0 Å². The fourth-order valence-corrected chi connectivity index (χ4v) is 7.48. The molecular weight excluding hydrogens is 770 g/mol. The van der Waals surface area contributed by atoms with Crippen LogP contribution >= 0.6 is 23.2 Å². The van der Waals surface area contributed by atoms with E-state index >= 15 is 0 Å². The van der Waals surface area contributed by atoms with Gasteiger partial charge in [0.2, 0.25) is 0 Å². The monoisotopic (exact) mass is 813 g/mol. The van der Waals surface area contributed by atoms with Crippen LogP contribution in [0.1, 0.15) is 69.3 Å². The standard InChI is InChI=1S/C39H38Cl2F3N5O5.C2H6/c1-20-14-25(15-21(2)35(20)41)53-13-7-8-27-28-9-10-29(40)34(33-22(3)46-48(6)23(33)4)37(28)49(32(27)19-50)12-11-47(5)31-18-26(54-39(42,43)44)16-24-17-30(38(51)52)45-36(24)31;1-2/h9-10,14-19,45H,7-8,11-13H2,1-6H3,(H,51,52);1-2H3. The highest BCUT2D eigenvalue weighted by Crippen LogP contribution is 2.42. The number of hydrogen-bond acceptors (Lipinski definition) is 6. The summed E-state index contributed by atoms with van der Waals surface area (Å²) in [5.41, 5.74) is 7.28. The zero-order chi connectivity index (χ0) is 41.2. The molecule has 0 spiro atoms. The number of aromatic carboxylic acids is 1. The number of nitrogens with zero attached hydrogens (tertiary/aromatic N) is 4. The minimum Gasteiger partial charge on any atom is -0.494 e. The molecule has 0 unspecified atom stereocenters. The Balaban J connectivity index is 0.00000295. The minimum absolute atomic E-state index is 0.186. The summed E-state index contributed by atoms with van der Waals surface area (Å²) in [6.45, 7) is 12.4. The zero-order valence-electron chi connectivity index (χ0n) is 32.4. The normalized spacial score (nSPS) is 11.5. The molecule has 2 N–H and O–H groups in total. The van der Waals surface area contributed by atoms with E-state index in [1.54, 1.807) is 16.6 Å². The largest absolute Gasteiger partial charge is 0.573 e. The molecule has 0 amide bonds. The van der Waals surface area contributed by atoms with Crippen LogP contribution in [0.5, 0.6) is 11.5 Å². The van der Waals surface area contributed by atoms with Gasteiger partial charge in [-0.15, -0.1) is 13.2 Å². The molecule has 0 saturated carbocycles. The molecule has 0 aliphatic carbocycles. The summed E-state index contributed by atoms with van der Waals surface area (Å²) in [4.78, 5) is 29.3. The Hall–Kier alpha value is -5.14. The number of halogens is 5. The predicted molar refractivity (Wildman–Crippen MR) is 215 cm³/mol. The third-order valence-corrected chi connectivity index (χ3v) is 10.6. The summed E-state index contributed by atoms with van der Waals surface area (Å²) in [6.07, 6.45) is -3.09. The van der Waals surface area contributed by atoms with Crippen molar-refractivity contribution in [3.8, 4) is 22.6 Å². The highest BCUT2D eigenvalue weighted by Gasteiger charge is 2.32. The van der Waals surface area contributed by atoms with E-state index in [9.17, 15) is 27.9 Å². The van der Waals surface area contributed by atoms with Crippen LogP contribution in [0.2, 0.25) is 10.0 Å². The second kappa shape index (κ2) is 16.9. The lowest BCUT2D eigenvalue weighted by atomic mass is 9.98. The maximum atomic E-state index is 13.3. The summed E-state index contributed by atoms with van der Waals surface area (Å²) in [6, 6.07) is 11.1. The fraction of sp³-hybridized carbons (Fsp3) is 0.341. The molecule has 6 aromatic rings. The highest BCUT2D eigenvalue weighted by atomic mass is 35.5. The first-order chi connectivity index (χ1) is 26.5. The van der Waals surface area contributed by atoms with Crippen LogP contribution in [0.4, 0.5) is 18.9 Å². The number of aryl methyl sites for hydroxylation is 5. The van der Waals surface area contributed by atoms with Crippen molar-refractivity contribution >= 4 is 63.0 Å². The van der Waals surface area contributed by atoms with Crippen LogP contribution in [0.15, 0.2) is 42.5 Å². The molecule has 298 valence electrons. The third-order valence-electron chi connectivity index (χ3n) is 9.66. The van der Waals surface area contributed by atoms with Crippen molar-refractivity contribution in [1.82, 2.24) is 19.3 Å². The lowest BCUT2D eigenvalue weighted by molar-refractivity contribution is -0.274. The molecule has 0 radical (unpaired) electrons. The number of fused-ring (bicyclic) bond motifs is 2. The number of nitrogens with one attached hydrogen (secondary N) is 1. The number of carbonyl (C=O) groups is 2. The summed E-state index contributed by atoms with van der Waals surface area (Å²) in [7, 11) is 3.51. The number of H-pyrrole nitrogens is 1. The summed E-state index contributed by atoms with van der Waals surface area (Å²) in [5, 5.41) is 16.4. The molecular formula is C41H44Cl2F3N5O5. The van der Waals surface area contributed by atoms with Gasteiger partial charge in [0.1, 0.15) is 17.2 Å². The predicted octanol–water partition coefficient (Wildman–Crippen LogP) is 10.6. The number of carbonyl (C=O) groups excluding carboxylic acids is 1. The molecule has 0 aliphatic rings. The van der Waals surface area contributed by atoms with E-state index < -0.39 is 18.1 Å². The number of carboxylic acid groups (broad SMARTS) is 1. The van der Waals surface area contributed by atoms with Crippen LogP contribution in [-0.2, 0) is 20.0 Å². The molecule has 15 heteroatoms. The van der Waals surface area contributed by atoms with E-state index in [0.29, 0.717) is 57.5 Å². The fourth-order valence-electron chi connectivity index (χ4n) is 7.12. The first kappa shape index (κ1) is 42.0. The molecule has 3 aromatic carbocycles. The van der Waals surface area contributed by atoms with Gasteiger partial charge >= 0.3 is 12.3 Å². The summed E-state index contributed by atoms with van der Waals surface area (Å²) >= 11 is 13.3. The summed E-state index contributed by atoms with van der Waals surface area (Å²) in [5.74, 6) is -1.07. The van der Waals surface area contributed by atoms with Crippen molar-refractivity contribution in [3.63, 3.8) is 0 Å². The van der Waals surface area contributed by atoms with Gasteiger partial charge in [-0.25, -0.2) is 4.79 Å². The Bertz CT molecular complexity index is 2410. The van der Waals surface area contributed by atoms with Crippen LogP contribution in [0, 0.1) is 27.7 Å². The Kier molecular flexibility index (Phi) is 12.7. The van der Waals surface area contributed by atoms with Crippen LogP contribution < -0.4 is 14.4 Å². The smallest absolute Gasteiger partial charge is 0.494 e. The molecule has 0 aliphatic heterocycles. The molecule has 56 heavy (non-hydrogen) atoms. The minimum atomic E-state index is -4.97. The van der Waals surface area contributed by atoms with Gasteiger partial charge in [-0.1, -0.05) is 43.1 Å². The van der Waals surface area contributed by atoms with E-state index in [4.69, 9.17) is 27.9 Å². The second-order valence-corrected chi connectivity index (χ2v) is 14.1. The number of alkyl halides is 3. The van der Waals surface area contributed by atoms with E-state index in [2.05, 4.69) is 14.8 Å². The van der Waals surface area contributed by atoms with Gasteiger partial charge in [-0.05, 0) is 87.6 Å². The number of carboxylic acids is 1. The first-order valence-corrected chi connectivity index (χ1v) is 18.8. The number of ether oxygens (including phenoxy) is 2. The first-order valence-electron chi connectivity index (χ1n) is 18.0. The van der Waals surface area contributed by atoms with Crippen molar-refractivity contribution in [2.75, 3.05) is 25.1 Å². The lowest BCUT2D eigenvalue weighted by Crippen LogP contribution is -2.24. The Labute approximate surface area is 332 Å². The third kappa shape index (κ3) is 8.48. The Morgan fingerprint density at radius 2 is 1.70 bits per heavy atom. The molecule has 0 saturated heterocycles. The highest BCUT2D eigenvalue weighted by molar-refractivity contribution is 6.35. The lowest BCUT2D eigenvalue weighted by Gasteiger charge is -2.23. The van der Waals surface area contributed by atoms with Crippen molar-refractivity contribution in [1.29, 1.82) is 0 Å². The molecule has 3 heterocycles. The second-order valence-electron chi connectivity index (χ2n) is 13.3. The van der Waals surface area contributed by atoms with E-state index in [1.807, 2.05) is 77.4 Å². The number of anilines is 1. The number of aromatic nitrogens is 4. The molecule has 6 rings (SSSR count). The molecule has 10 nitrogen and oxygen atoms in total. The Morgan fingerprint density at radius 1 is 1.02 bits per heavy atom. The number of likely N-dealkylation sites (N-methyl/N-ethyl adjacent to an activating group) is 1. The van der Waals surface area contributed by atoms with E-state index in [1.165, 1.54) is 12.1 Å². The van der Waals surface area contributed by atoms with Gasteiger partial charge in [0, 0.05) is 65.9 Å². The van der Waals surface area contributed by atoms with Crippen molar-refractivity contribution in [2.24, 2.45) is 7.05 Å². The summed E-state index contributed by atoms with van der Waals surface area (Å²) < 4.78 is 54.0. The number of aldehydes is 1. The topological polar surface area (TPSA) is 115 Å². The van der Waals surface area contributed by atoms with E-state index in [-0.39, 0.29) is 29.9 Å². The maximum Gasteiger partial charge on any atom is 0.573 e. The molecule has 3 aromatic heterocycles. The van der Waals surface area contributed by atoms with Gasteiger partial charge in [-0.3, -0.25) is 9.48 Å². The molecule has 0 fully saturated rings. The van der Waals surface area contributed by atoms with Crippen LogP contribution in [0.3, 0.4) is 0 Å². The number of hydrogen-bond donors (Lipinski definition) is 2. The van der Waals surface area contributed by atoms with Gasteiger partial charge < -0.3 is 29.0 Å². The van der Waals surface area contributed by atoms with Gasteiger partial charge in [0.15, 0.2) is 6.29 Å². The SMILES string of the molecule is CC.Cc1cc(OCCCc2c(C=O)n(CCN(C)c3cc(OC(F)(F)F)cc4cc(C(=O)O)[nH]c34)c3c(-c4c(C)nn(C)c4C)c(Cl)ccc23)cc(C)c1Cl. The Morgan fingerprint density at radius 3 is 2.29 bits per heavy atom. The maximum absolute atomic E-state index is 13.3. The van der Waals surface area contributed by atoms with Gasteiger partial charge in [-0.2, -0.15) is 5.10 Å². The average Bonchev–Trinajstić information content (AvgIpc) is 3.78. The van der Waals surface area contributed by atoms with Crippen LogP contribution in [0.25, 0.3) is 32.9 Å². The van der Waals surface area contributed by atoms with Gasteiger partial charge in [0.25, 0.3) is 0 Å². The van der Waals surface area contributed by atoms with Crippen molar-refractivity contribution in [2.45, 2.75) is 67.3 Å². The number of aromatic amines is 1. The molecule has 0 bridgehead atoms. The number of benzene rings is 3. The average molecular weight is 815 g/mol. The number of rotatable bonds is 13. The van der Waals surface area contributed by atoms with Gasteiger partial charge in [0.05, 0.1) is 39.7 Å².